The highest BCUT2D eigenvalue weighted by molar-refractivity contribution is 5.84. The molecule has 2 aliphatic heterocycles. The highest BCUT2D eigenvalue weighted by Gasteiger charge is 2.41. The van der Waals surface area contributed by atoms with E-state index in [4.69, 9.17) is 5.11 Å². The number of nitrogens with zero attached hydrogens (tertiary/aromatic N) is 1. The van der Waals surface area contributed by atoms with Crippen LogP contribution in [0.3, 0.4) is 0 Å². The number of hydrogen-bond acceptors (Lipinski definition) is 3. The molecule has 96 valence electrons. The van der Waals surface area contributed by atoms with Crippen molar-refractivity contribution in [1.82, 2.24) is 10.2 Å². The molecule has 0 aromatic rings. The zero-order valence-corrected chi connectivity index (χ0v) is 10.2. The van der Waals surface area contributed by atoms with Crippen molar-refractivity contribution < 1.29 is 14.7 Å². The number of carboxylic acids is 1. The van der Waals surface area contributed by atoms with E-state index in [1.807, 2.05) is 6.92 Å². The Hall–Kier alpha value is -1.10. The lowest BCUT2D eigenvalue weighted by Gasteiger charge is -2.36. The van der Waals surface area contributed by atoms with E-state index in [0.29, 0.717) is 26.1 Å². The predicted octanol–water partition coefficient (Wildman–Crippen LogP) is 0.309. The van der Waals surface area contributed by atoms with Gasteiger partial charge in [-0.15, -0.1) is 0 Å². The number of hydrogen-bond donors (Lipinski definition) is 2. The van der Waals surface area contributed by atoms with Crippen molar-refractivity contribution in [2.24, 2.45) is 11.3 Å². The van der Waals surface area contributed by atoms with E-state index in [2.05, 4.69) is 5.32 Å². The van der Waals surface area contributed by atoms with Gasteiger partial charge in [0.05, 0.1) is 11.3 Å². The topological polar surface area (TPSA) is 69.6 Å². The molecule has 1 amide bonds. The average molecular weight is 240 g/mol. The molecule has 17 heavy (non-hydrogen) atoms. The third kappa shape index (κ3) is 2.44. The minimum atomic E-state index is -0.780. The van der Waals surface area contributed by atoms with Crippen LogP contribution < -0.4 is 5.32 Å². The van der Waals surface area contributed by atoms with Crippen LogP contribution in [0, 0.1) is 11.3 Å². The third-order valence-electron chi connectivity index (χ3n) is 3.94. The van der Waals surface area contributed by atoms with Crippen LogP contribution in [0.5, 0.6) is 0 Å². The molecule has 0 bridgehead atoms. The average Bonchev–Trinajstić information content (AvgIpc) is 2.76. The molecule has 0 saturated carbocycles. The molecule has 0 aliphatic carbocycles. The third-order valence-corrected chi connectivity index (χ3v) is 3.94. The number of likely N-dealkylation sites (tertiary alicyclic amines) is 1. The van der Waals surface area contributed by atoms with Crippen LogP contribution in [0.4, 0.5) is 0 Å². The fraction of sp³-hybridized carbons (Fsp3) is 0.833. The quantitative estimate of drug-likeness (QED) is 0.729. The smallest absolute Gasteiger partial charge is 0.308 e. The Morgan fingerprint density at radius 1 is 1.47 bits per heavy atom. The summed E-state index contributed by atoms with van der Waals surface area (Å²) >= 11 is 0. The molecule has 5 nitrogen and oxygen atoms in total. The van der Waals surface area contributed by atoms with Gasteiger partial charge in [0.25, 0.3) is 0 Å². The molecule has 2 saturated heterocycles. The summed E-state index contributed by atoms with van der Waals surface area (Å²) in [5, 5.41) is 12.2. The van der Waals surface area contributed by atoms with Crippen molar-refractivity contribution >= 4 is 11.9 Å². The van der Waals surface area contributed by atoms with Crippen molar-refractivity contribution in [3.8, 4) is 0 Å². The molecule has 2 heterocycles. The monoisotopic (exact) mass is 240 g/mol. The first-order chi connectivity index (χ1) is 8.03. The van der Waals surface area contributed by atoms with Crippen molar-refractivity contribution in [3.63, 3.8) is 0 Å². The molecule has 0 aromatic heterocycles. The van der Waals surface area contributed by atoms with Gasteiger partial charge in [0.1, 0.15) is 0 Å². The molecule has 2 unspecified atom stereocenters. The molecule has 5 heteroatoms. The Labute approximate surface area is 101 Å². The maximum Gasteiger partial charge on any atom is 0.308 e. The molecule has 2 N–H and O–H groups in total. The van der Waals surface area contributed by atoms with Gasteiger partial charge in [-0.05, 0) is 32.7 Å². The lowest BCUT2D eigenvalue weighted by molar-refractivity contribution is -0.148. The molecule has 2 atom stereocenters. The number of rotatable bonds is 2. The Balaban J connectivity index is 2.01. The normalized spacial score (nSPS) is 33.7. The summed E-state index contributed by atoms with van der Waals surface area (Å²) in [6, 6.07) is 0. The lowest BCUT2D eigenvalue weighted by atomic mass is 9.86. The fourth-order valence-corrected chi connectivity index (χ4v) is 2.74. The van der Waals surface area contributed by atoms with Crippen molar-refractivity contribution in [3.05, 3.63) is 0 Å². The molecule has 0 aromatic carbocycles. The second-order valence-corrected chi connectivity index (χ2v) is 5.42. The van der Waals surface area contributed by atoms with Crippen LogP contribution >= 0.6 is 0 Å². The number of carbonyl (C=O) groups is 2. The number of nitrogens with one attached hydrogen (secondary N) is 1. The highest BCUT2D eigenvalue weighted by atomic mass is 16.4. The first kappa shape index (κ1) is 12.4. The van der Waals surface area contributed by atoms with E-state index < -0.39 is 5.97 Å². The van der Waals surface area contributed by atoms with Gasteiger partial charge in [-0.3, -0.25) is 9.59 Å². The van der Waals surface area contributed by atoms with Crippen LogP contribution in [0.1, 0.15) is 26.2 Å². The zero-order chi connectivity index (χ0) is 12.5. The predicted molar refractivity (Wildman–Crippen MR) is 62.5 cm³/mol. The van der Waals surface area contributed by atoms with Gasteiger partial charge < -0.3 is 15.3 Å². The molecule has 2 rings (SSSR count). The highest BCUT2D eigenvalue weighted by Crippen LogP contribution is 2.29. The summed E-state index contributed by atoms with van der Waals surface area (Å²) in [5.74, 6) is -1.05. The number of amides is 1. The maximum absolute atomic E-state index is 12.4. The number of piperidine rings is 1. The minimum Gasteiger partial charge on any atom is -0.481 e. The van der Waals surface area contributed by atoms with E-state index in [1.165, 1.54) is 0 Å². The molecular formula is C12H20N2O3. The second-order valence-electron chi connectivity index (χ2n) is 5.42. The van der Waals surface area contributed by atoms with Crippen LogP contribution in [0.15, 0.2) is 0 Å². The molecule has 2 aliphatic rings. The summed E-state index contributed by atoms with van der Waals surface area (Å²) in [6.07, 6.45) is 2.33. The Bertz CT molecular complexity index is 324. The maximum atomic E-state index is 12.4. The Kier molecular flexibility index (Phi) is 3.38. The van der Waals surface area contributed by atoms with Crippen molar-refractivity contribution in [1.29, 1.82) is 0 Å². The largest absolute Gasteiger partial charge is 0.481 e. The lowest BCUT2D eigenvalue weighted by Crippen LogP contribution is -2.49. The van der Waals surface area contributed by atoms with Gasteiger partial charge in [-0.2, -0.15) is 0 Å². The molecule has 2 fully saturated rings. The van der Waals surface area contributed by atoms with Crippen molar-refractivity contribution in [2.45, 2.75) is 26.2 Å². The standard InChI is InChI=1S/C12H20N2O3/c1-12(4-5-13-8-12)11(17)14-6-2-3-9(7-14)10(15)16/h9,13H,2-8H2,1H3,(H,15,16). The van der Waals surface area contributed by atoms with E-state index in [-0.39, 0.29) is 17.2 Å². The van der Waals surface area contributed by atoms with Crippen LogP contribution in [-0.4, -0.2) is 48.1 Å². The minimum absolute atomic E-state index is 0.119. The van der Waals surface area contributed by atoms with Crippen LogP contribution in [0.2, 0.25) is 0 Å². The molecule has 0 radical (unpaired) electrons. The zero-order valence-electron chi connectivity index (χ0n) is 10.2. The second kappa shape index (κ2) is 4.64. The van der Waals surface area contributed by atoms with E-state index in [1.54, 1.807) is 4.90 Å². The summed E-state index contributed by atoms with van der Waals surface area (Å²) in [6.45, 7) is 4.64. The van der Waals surface area contributed by atoms with E-state index in [9.17, 15) is 9.59 Å². The summed E-state index contributed by atoms with van der Waals surface area (Å²) in [4.78, 5) is 25.1. The van der Waals surface area contributed by atoms with Gasteiger partial charge >= 0.3 is 5.97 Å². The summed E-state index contributed by atoms with van der Waals surface area (Å²) in [5.41, 5.74) is -0.333. The van der Waals surface area contributed by atoms with E-state index in [0.717, 1.165) is 19.4 Å². The Morgan fingerprint density at radius 3 is 2.82 bits per heavy atom. The van der Waals surface area contributed by atoms with E-state index >= 15 is 0 Å². The van der Waals surface area contributed by atoms with Gasteiger partial charge in [0.2, 0.25) is 5.91 Å². The Morgan fingerprint density at radius 2 is 2.24 bits per heavy atom. The fourth-order valence-electron chi connectivity index (χ4n) is 2.74. The van der Waals surface area contributed by atoms with Gasteiger partial charge in [0, 0.05) is 19.6 Å². The first-order valence-corrected chi connectivity index (χ1v) is 6.26. The number of aliphatic carboxylic acids is 1. The molecular weight excluding hydrogens is 220 g/mol. The van der Waals surface area contributed by atoms with Gasteiger partial charge in [-0.1, -0.05) is 0 Å². The number of carbonyl (C=O) groups excluding carboxylic acids is 1. The van der Waals surface area contributed by atoms with Gasteiger partial charge in [-0.25, -0.2) is 0 Å². The first-order valence-electron chi connectivity index (χ1n) is 6.26. The summed E-state index contributed by atoms with van der Waals surface area (Å²) in [7, 11) is 0. The van der Waals surface area contributed by atoms with Crippen LogP contribution in [0.25, 0.3) is 0 Å². The summed E-state index contributed by atoms with van der Waals surface area (Å²) < 4.78 is 0. The van der Waals surface area contributed by atoms with Crippen LogP contribution in [-0.2, 0) is 9.59 Å². The SMILES string of the molecule is CC1(C(=O)N2CCCC(C(=O)O)C2)CCNC1. The number of carboxylic acid groups (broad SMARTS) is 1. The van der Waals surface area contributed by atoms with Crippen molar-refractivity contribution in [2.75, 3.05) is 26.2 Å². The van der Waals surface area contributed by atoms with Gasteiger partial charge in [0.15, 0.2) is 0 Å². The molecule has 0 spiro atoms.